The third-order valence-corrected chi connectivity index (χ3v) is 3.07. The molecule has 1 aromatic heterocycles. The molecule has 0 bridgehead atoms. The van der Waals surface area contributed by atoms with Crippen LogP contribution in [0.4, 0.5) is 5.82 Å². The van der Waals surface area contributed by atoms with E-state index in [-0.39, 0.29) is 5.28 Å². The van der Waals surface area contributed by atoms with Gasteiger partial charge in [0.2, 0.25) is 5.28 Å². The summed E-state index contributed by atoms with van der Waals surface area (Å²) in [6, 6.07) is 7.89. The standard InChI is InChI=1S/C14H19ClN4/c1-19(2)10-6-5-9-16-13-11-7-3-4-8-12(11)17-14(15)18-13/h3-4,7-8H,5-6,9-10H2,1-2H3,(H,16,17,18). The van der Waals surface area contributed by atoms with Crippen LogP contribution in [0.3, 0.4) is 0 Å². The summed E-state index contributed by atoms with van der Waals surface area (Å²) in [4.78, 5) is 10.7. The fourth-order valence-electron chi connectivity index (χ4n) is 1.94. The predicted octanol–water partition coefficient (Wildman–Crippen LogP) is 3.04. The number of halogens is 1. The van der Waals surface area contributed by atoms with Crippen LogP contribution in [0.15, 0.2) is 24.3 Å². The number of fused-ring (bicyclic) bond motifs is 1. The minimum absolute atomic E-state index is 0.287. The van der Waals surface area contributed by atoms with E-state index in [1.54, 1.807) is 0 Å². The van der Waals surface area contributed by atoms with E-state index in [1.165, 1.54) is 0 Å². The molecule has 1 aromatic carbocycles. The summed E-state index contributed by atoms with van der Waals surface area (Å²) in [7, 11) is 4.18. The van der Waals surface area contributed by atoms with Crippen molar-refractivity contribution in [3.05, 3.63) is 29.5 Å². The zero-order chi connectivity index (χ0) is 13.7. The van der Waals surface area contributed by atoms with Crippen LogP contribution < -0.4 is 5.32 Å². The van der Waals surface area contributed by atoms with Crippen molar-refractivity contribution in [3.63, 3.8) is 0 Å². The van der Waals surface area contributed by atoms with Crippen LogP contribution in [0, 0.1) is 0 Å². The van der Waals surface area contributed by atoms with Gasteiger partial charge in [0.15, 0.2) is 0 Å². The van der Waals surface area contributed by atoms with Crippen molar-refractivity contribution in [1.29, 1.82) is 0 Å². The zero-order valence-electron chi connectivity index (χ0n) is 11.4. The number of hydrogen-bond acceptors (Lipinski definition) is 4. The Labute approximate surface area is 118 Å². The average Bonchev–Trinajstić information content (AvgIpc) is 2.37. The Bertz CT molecular complexity index is 542. The third kappa shape index (κ3) is 4.04. The van der Waals surface area contributed by atoms with Crippen molar-refractivity contribution >= 4 is 28.3 Å². The van der Waals surface area contributed by atoms with E-state index in [2.05, 4.69) is 34.3 Å². The molecule has 0 amide bonds. The molecule has 19 heavy (non-hydrogen) atoms. The van der Waals surface area contributed by atoms with E-state index in [4.69, 9.17) is 11.6 Å². The summed E-state index contributed by atoms with van der Waals surface area (Å²) in [5.41, 5.74) is 0.873. The van der Waals surface area contributed by atoms with Crippen molar-refractivity contribution in [2.24, 2.45) is 0 Å². The van der Waals surface area contributed by atoms with Crippen LogP contribution >= 0.6 is 11.6 Å². The van der Waals surface area contributed by atoms with Crippen molar-refractivity contribution in [1.82, 2.24) is 14.9 Å². The normalized spacial score (nSPS) is 11.2. The van der Waals surface area contributed by atoms with E-state index >= 15 is 0 Å². The molecule has 0 saturated carbocycles. The van der Waals surface area contributed by atoms with E-state index in [9.17, 15) is 0 Å². The van der Waals surface area contributed by atoms with Crippen LogP contribution in [-0.2, 0) is 0 Å². The highest BCUT2D eigenvalue weighted by Crippen LogP contribution is 2.21. The van der Waals surface area contributed by atoms with Gasteiger partial charge in [0.05, 0.1) is 5.52 Å². The zero-order valence-corrected chi connectivity index (χ0v) is 12.1. The first-order valence-corrected chi connectivity index (χ1v) is 6.85. The van der Waals surface area contributed by atoms with Gasteiger partial charge >= 0.3 is 0 Å². The molecule has 0 atom stereocenters. The lowest BCUT2D eigenvalue weighted by atomic mass is 10.2. The van der Waals surface area contributed by atoms with E-state index in [0.717, 1.165) is 42.7 Å². The first kappa shape index (κ1) is 14.0. The fraction of sp³-hybridized carbons (Fsp3) is 0.429. The van der Waals surface area contributed by atoms with Gasteiger partial charge in [0.1, 0.15) is 5.82 Å². The average molecular weight is 279 g/mol. The molecular weight excluding hydrogens is 260 g/mol. The largest absolute Gasteiger partial charge is 0.369 e. The minimum atomic E-state index is 0.287. The Hall–Kier alpha value is -1.39. The molecule has 1 N–H and O–H groups in total. The van der Waals surface area contributed by atoms with Gasteiger partial charge < -0.3 is 10.2 Å². The molecular formula is C14H19ClN4. The first-order valence-electron chi connectivity index (χ1n) is 6.47. The molecule has 0 aliphatic heterocycles. The number of aromatic nitrogens is 2. The molecule has 0 spiro atoms. The van der Waals surface area contributed by atoms with Crippen molar-refractivity contribution < 1.29 is 0 Å². The van der Waals surface area contributed by atoms with Crippen LogP contribution in [0.2, 0.25) is 5.28 Å². The number of benzene rings is 1. The van der Waals surface area contributed by atoms with Crippen LogP contribution in [-0.4, -0.2) is 42.1 Å². The Balaban J connectivity index is 2.00. The van der Waals surface area contributed by atoms with Crippen molar-refractivity contribution in [2.45, 2.75) is 12.8 Å². The lowest BCUT2D eigenvalue weighted by molar-refractivity contribution is 0.396. The monoisotopic (exact) mass is 278 g/mol. The van der Waals surface area contributed by atoms with Crippen LogP contribution in [0.5, 0.6) is 0 Å². The topological polar surface area (TPSA) is 41.0 Å². The second kappa shape index (κ2) is 6.68. The Morgan fingerprint density at radius 1 is 1.16 bits per heavy atom. The summed E-state index contributed by atoms with van der Waals surface area (Å²) < 4.78 is 0. The third-order valence-electron chi connectivity index (χ3n) is 2.90. The molecule has 5 heteroatoms. The second-order valence-corrected chi connectivity index (χ2v) is 5.13. The Morgan fingerprint density at radius 2 is 1.95 bits per heavy atom. The summed E-state index contributed by atoms with van der Waals surface area (Å²) in [6.07, 6.45) is 2.27. The number of hydrogen-bond donors (Lipinski definition) is 1. The van der Waals surface area contributed by atoms with Gasteiger partial charge in [-0.05, 0) is 57.2 Å². The highest BCUT2D eigenvalue weighted by atomic mass is 35.5. The number of nitrogens with zero attached hydrogens (tertiary/aromatic N) is 3. The SMILES string of the molecule is CN(C)CCCCNc1nc(Cl)nc2ccccc12. The molecule has 0 aliphatic rings. The molecule has 0 radical (unpaired) electrons. The molecule has 0 unspecified atom stereocenters. The number of unbranched alkanes of at least 4 members (excludes halogenated alkanes) is 1. The number of para-hydroxylation sites is 1. The molecule has 2 aromatic rings. The summed E-state index contributed by atoms with van der Waals surface area (Å²) in [5.74, 6) is 0.820. The highest BCUT2D eigenvalue weighted by Gasteiger charge is 2.05. The van der Waals surface area contributed by atoms with Crippen LogP contribution in [0.25, 0.3) is 10.9 Å². The second-order valence-electron chi connectivity index (χ2n) is 4.80. The first-order chi connectivity index (χ1) is 9.16. The van der Waals surface area contributed by atoms with Gasteiger partial charge in [-0.3, -0.25) is 0 Å². The van der Waals surface area contributed by atoms with Gasteiger partial charge in [0.25, 0.3) is 0 Å². The fourth-order valence-corrected chi connectivity index (χ4v) is 2.12. The number of nitrogens with one attached hydrogen (secondary N) is 1. The van der Waals surface area contributed by atoms with Gasteiger partial charge in [-0.15, -0.1) is 0 Å². The predicted molar refractivity (Wildman–Crippen MR) is 80.8 cm³/mol. The van der Waals surface area contributed by atoms with Crippen molar-refractivity contribution in [2.75, 3.05) is 32.5 Å². The molecule has 1 heterocycles. The highest BCUT2D eigenvalue weighted by molar-refractivity contribution is 6.28. The summed E-state index contributed by atoms with van der Waals surface area (Å²) >= 11 is 5.94. The van der Waals surface area contributed by atoms with E-state index in [1.807, 2.05) is 24.3 Å². The van der Waals surface area contributed by atoms with E-state index < -0.39 is 0 Å². The number of anilines is 1. The maximum Gasteiger partial charge on any atom is 0.224 e. The quantitative estimate of drug-likeness (QED) is 0.651. The Kier molecular flexibility index (Phi) is 4.93. The van der Waals surface area contributed by atoms with Crippen molar-refractivity contribution in [3.8, 4) is 0 Å². The maximum absolute atomic E-state index is 5.94. The molecule has 0 fully saturated rings. The minimum Gasteiger partial charge on any atom is -0.369 e. The summed E-state index contributed by atoms with van der Waals surface area (Å²) in [5, 5.41) is 4.65. The summed E-state index contributed by atoms with van der Waals surface area (Å²) in [6.45, 7) is 2.00. The van der Waals surface area contributed by atoms with Gasteiger partial charge in [0, 0.05) is 11.9 Å². The van der Waals surface area contributed by atoms with Gasteiger partial charge in [-0.2, -0.15) is 0 Å². The number of rotatable bonds is 6. The lowest BCUT2D eigenvalue weighted by Crippen LogP contribution is -2.14. The molecule has 4 nitrogen and oxygen atoms in total. The Morgan fingerprint density at radius 3 is 2.74 bits per heavy atom. The van der Waals surface area contributed by atoms with Gasteiger partial charge in [-0.25, -0.2) is 9.97 Å². The molecule has 102 valence electrons. The molecule has 0 aliphatic carbocycles. The van der Waals surface area contributed by atoms with Gasteiger partial charge in [-0.1, -0.05) is 12.1 Å². The maximum atomic E-state index is 5.94. The molecule has 2 rings (SSSR count). The molecule has 0 saturated heterocycles. The lowest BCUT2D eigenvalue weighted by Gasteiger charge is -2.11. The van der Waals surface area contributed by atoms with Crippen LogP contribution in [0.1, 0.15) is 12.8 Å². The van der Waals surface area contributed by atoms with E-state index in [0.29, 0.717) is 0 Å². The smallest absolute Gasteiger partial charge is 0.224 e.